The molecule has 3 aromatic rings. The minimum Gasteiger partial charge on any atom is -0.493 e. The Balaban J connectivity index is 1.74. The lowest BCUT2D eigenvalue weighted by Gasteiger charge is -2.14. The lowest BCUT2D eigenvalue weighted by molar-refractivity contribution is -0.138. The monoisotopic (exact) mass is 475 g/mol. The van der Waals surface area contributed by atoms with E-state index in [1.165, 1.54) is 12.1 Å². The smallest absolute Gasteiger partial charge is 0.416 e. The van der Waals surface area contributed by atoms with Crippen LogP contribution >= 0.6 is 0 Å². The Labute approximate surface area is 196 Å². The fourth-order valence-corrected chi connectivity index (χ4v) is 3.61. The summed E-state index contributed by atoms with van der Waals surface area (Å²) in [6.07, 6.45) is -3.87. The van der Waals surface area contributed by atoms with Crippen LogP contribution in [0.2, 0.25) is 0 Å². The van der Waals surface area contributed by atoms with E-state index in [9.17, 15) is 18.0 Å². The first kappa shape index (κ1) is 25.3. The van der Waals surface area contributed by atoms with E-state index in [0.29, 0.717) is 30.1 Å². The number of carbonyl (C=O) groups is 1. The lowest BCUT2D eigenvalue weighted by atomic mass is 10.0. The van der Waals surface area contributed by atoms with Gasteiger partial charge in [0.2, 0.25) is 5.89 Å². The summed E-state index contributed by atoms with van der Waals surface area (Å²) in [6.45, 7) is 8.12. The van der Waals surface area contributed by atoms with Crippen molar-refractivity contribution in [3.63, 3.8) is 0 Å². The largest absolute Gasteiger partial charge is 0.493 e. The Bertz CT molecular complexity index is 1130. The molecule has 0 saturated heterocycles. The predicted octanol–water partition coefficient (Wildman–Crippen LogP) is 6.99. The summed E-state index contributed by atoms with van der Waals surface area (Å²) in [7, 11) is 0. The molecule has 3 rings (SSSR count). The van der Waals surface area contributed by atoms with E-state index in [4.69, 9.17) is 14.3 Å². The van der Waals surface area contributed by atoms with Crippen LogP contribution < -0.4 is 4.74 Å². The number of hydrogen-bond donors (Lipinski definition) is 1. The average molecular weight is 476 g/mol. The SMILES string of the molecule is Cc1cc(OC[C@@H](C)c2oc(-c3ccc(C(F)(F)F)cc3)nc2C(C)C)ccc1CCC(=O)O. The van der Waals surface area contributed by atoms with Crippen LogP contribution in [-0.4, -0.2) is 22.7 Å². The maximum absolute atomic E-state index is 12.9. The van der Waals surface area contributed by atoms with Gasteiger partial charge in [0.1, 0.15) is 11.5 Å². The van der Waals surface area contributed by atoms with Gasteiger partial charge < -0.3 is 14.3 Å². The number of aliphatic carboxylic acids is 1. The van der Waals surface area contributed by atoms with Gasteiger partial charge in [-0.25, -0.2) is 4.98 Å². The summed E-state index contributed by atoms with van der Waals surface area (Å²) in [5, 5.41) is 8.87. The number of ether oxygens (including phenoxy) is 1. The van der Waals surface area contributed by atoms with Gasteiger partial charge in [0.05, 0.1) is 23.8 Å². The Kier molecular flexibility index (Phi) is 7.69. The normalized spacial score (nSPS) is 12.7. The summed E-state index contributed by atoms with van der Waals surface area (Å²) >= 11 is 0. The van der Waals surface area contributed by atoms with Gasteiger partial charge in [0.25, 0.3) is 0 Å². The number of aromatic nitrogens is 1. The molecule has 0 fully saturated rings. The third-order valence-electron chi connectivity index (χ3n) is 5.56. The number of carboxylic acids is 1. The number of hydrogen-bond acceptors (Lipinski definition) is 4. The highest BCUT2D eigenvalue weighted by Gasteiger charge is 2.30. The van der Waals surface area contributed by atoms with E-state index < -0.39 is 17.7 Å². The number of oxazole rings is 1. The molecule has 0 amide bonds. The van der Waals surface area contributed by atoms with E-state index in [2.05, 4.69) is 4.98 Å². The third kappa shape index (κ3) is 6.18. The molecule has 0 aliphatic rings. The second kappa shape index (κ2) is 10.3. The van der Waals surface area contributed by atoms with E-state index >= 15 is 0 Å². The van der Waals surface area contributed by atoms with Gasteiger partial charge in [-0.2, -0.15) is 13.2 Å². The van der Waals surface area contributed by atoms with Crippen molar-refractivity contribution in [3.05, 3.63) is 70.6 Å². The molecular weight excluding hydrogens is 447 g/mol. The molecule has 0 unspecified atom stereocenters. The van der Waals surface area contributed by atoms with E-state index in [1.807, 2.05) is 45.9 Å². The molecule has 0 saturated carbocycles. The summed E-state index contributed by atoms with van der Waals surface area (Å²) in [4.78, 5) is 15.4. The van der Waals surface area contributed by atoms with Crippen LogP contribution in [0.25, 0.3) is 11.5 Å². The zero-order valence-electron chi connectivity index (χ0n) is 19.6. The van der Waals surface area contributed by atoms with Gasteiger partial charge in [-0.05, 0) is 66.8 Å². The van der Waals surface area contributed by atoms with Crippen LogP contribution in [-0.2, 0) is 17.4 Å². The minimum atomic E-state index is -4.40. The number of aryl methyl sites for hydroxylation is 2. The van der Waals surface area contributed by atoms with Crippen molar-refractivity contribution in [3.8, 4) is 17.2 Å². The van der Waals surface area contributed by atoms with Gasteiger partial charge >= 0.3 is 12.1 Å². The Morgan fingerprint density at radius 2 is 1.79 bits per heavy atom. The van der Waals surface area contributed by atoms with Gasteiger partial charge in [0.15, 0.2) is 0 Å². The zero-order chi connectivity index (χ0) is 25.0. The van der Waals surface area contributed by atoms with Crippen molar-refractivity contribution in [2.75, 3.05) is 6.61 Å². The highest BCUT2D eigenvalue weighted by Crippen LogP contribution is 2.34. The standard InChI is InChI=1S/C26H28F3NO4/c1-15(2)23-24(34-25(30-23)19-5-9-20(10-6-19)26(27,28)29)17(4)14-33-21-11-7-18(16(3)13-21)8-12-22(31)32/h5-7,9-11,13,15,17H,8,12,14H2,1-4H3,(H,31,32)/t17-/m1/s1. The first-order valence-electron chi connectivity index (χ1n) is 11.1. The Morgan fingerprint density at radius 1 is 1.12 bits per heavy atom. The maximum Gasteiger partial charge on any atom is 0.416 e. The molecule has 182 valence electrons. The van der Waals surface area contributed by atoms with Crippen molar-refractivity contribution in [2.24, 2.45) is 0 Å². The van der Waals surface area contributed by atoms with Crippen LogP contribution in [0.4, 0.5) is 13.2 Å². The quantitative estimate of drug-likeness (QED) is 0.361. The number of halogens is 3. The number of benzene rings is 2. The Hall–Kier alpha value is -3.29. The molecule has 5 nitrogen and oxygen atoms in total. The van der Waals surface area contributed by atoms with E-state index in [0.717, 1.165) is 29.0 Å². The molecule has 1 heterocycles. The molecule has 0 bridgehead atoms. The van der Waals surface area contributed by atoms with Gasteiger partial charge in [-0.3, -0.25) is 4.79 Å². The van der Waals surface area contributed by atoms with Crippen LogP contribution in [0.3, 0.4) is 0 Å². The van der Waals surface area contributed by atoms with Gasteiger partial charge in [0, 0.05) is 12.0 Å². The Morgan fingerprint density at radius 3 is 2.35 bits per heavy atom. The van der Waals surface area contributed by atoms with Crippen LogP contribution in [0.5, 0.6) is 5.75 Å². The zero-order valence-corrected chi connectivity index (χ0v) is 19.6. The molecule has 1 N–H and O–H groups in total. The van der Waals surface area contributed by atoms with Crippen LogP contribution in [0.1, 0.15) is 67.2 Å². The second-order valence-corrected chi connectivity index (χ2v) is 8.69. The molecule has 34 heavy (non-hydrogen) atoms. The topological polar surface area (TPSA) is 72.6 Å². The van der Waals surface area contributed by atoms with Gasteiger partial charge in [-0.1, -0.05) is 26.8 Å². The van der Waals surface area contributed by atoms with E-state index in [1.54, 1.807) is 0 Å². The average Bonchev–Trinajstić information content (AvgIpc) is 3.22. The first-order valence-corrected chi connectivity index (χ1v) is 11.1. The number of rotatable bonds is 9. The first-order chi connectivity index (χ1) is 16.0. The second-order valence-electron chi connectivity index (χ2n) is 8.69. The molecule has 2 aromatic carbocycles. The van der Waals surface area contributed by atoms with Crippen LogP contribution in [0, 0.1) is 6.92 Å². The summed E-state index contributed by atoms with van der Waals surface area (Å²) in [5.74, 6) is 0.645. The fraction of sp³-hybridized carbons (Fsp3) is 0.385. The predicted molar refractivity (Wildman–Crippen MR) is 122 cm³/mol. The van der Waals surface area contributed by atoms with Crippen molar-refractivity contribution in [1.29, 1.82) is 0 Å². The highest BCUT2D eigenvalue weighted by molar-refractivity contribution is 5.67. The van der Waals surface area contributed by atoms with Gasteiger partial charge in [-0.15, -0.1) is 0 Å². The maximum atomic E-state index is 12.9. The minimum absolute atomic E-state index is 0.0557. The molecule has 0 aliphatic carbocycles. The van der Waals surface area contributed by atoms with Crippen molar-refractivity contribution >= 4 is 5.97 Å². The third-order valence-corrected chi connectivity index (χ3v) is 5.56. The number of carboxylic acid groups (broad SMARTS) is 1. The van der Waals surface area contributed by atoms with E-state index in [-0.39, 0.29) is 24.1 Å². The molecule has 1 aromatic heterocycles. The fourth-order valence-electron chi connectivity index (χ4n) is 3.61. The molecule has 0 radical (unpaired) electrons. The lowest BCUT2D eigenvalue weighted by Crippen LogP contribution is -2.09. The molecule has 0 spiro atoms. The van der Waals surface area contributed by atoms with Crippen molar-refractivity contribution in [1.82, 2.24) is 4.98 Å². The molecule has 1 atom stereocenters. The molecule has 8 heteroatoms. The summed E-state index contributed by atoms with van der Waals surface area (Å²) in [5.41, 5.74) is 2.41. The summed E-state index contributed by atoms with van der Waals surface area (Å²) in [6, 6.07) is 10.3. The summed E-state index contributed by atoms with van der Waals surface area (Å²) < 4.78 is 50.6. The number of nitrogens with zero attached hydrogens (tertiary/aromatic N) is 1. The van der Waals surface area contributed by atoms with Crippen LogP contribution in [0.15, 0.2) is 46.9 Å². The molecular formula is C26H28F3NO4. The molecule has 0 aliphatic heterocycles. The number of alkyl halides is 3. The van der Waals surface area contributed by atoms with Crippen molar-refractivity contribution < 1.29 is 32.2 Å². The van der Waals surface area contributed by atoms with Crippen molar-refractivity contribution in [2.45, 2.75) is 58.5 Å². The highest BCUT2D eigenvalue weighted by atomic mass is 19.4.